The molecule has 0 spiro atoms. The first kappa shape index (κ1) is 12.8. The van der Waals surface area contributed by atoms with Gasteiger partial charge in [-0.2, -0.15) is 0 Å². The van der Waals surface area contributed by atoms with Crippen LogP contribution >= 0.6 is 15.9 Å². The Kier molecular flexibility index (Phi) is 4.12. The molecule has 0 radical (unpaired) electrons. The van der Waals surface area contributed by atoms with Crippen molar-refractivity contribution in [1.82, 2.24) is 4.57 Å². The summed E-state index contributed by atoms with van der Waals surface area (Å²) in [6.45, 7) is 1.58. The van der Waals surface area contributed by atoms with Crippen LogP contribution in [0.1, 0.15) is 13.0 Å². The van der Waals surface area contributed by atoms with Crippen LogP contribution in [0.3, 0.4) is 0 Å². The molecular weight excluding hydrogens is 278 g/mol. The average molecular weight is 290 g/mol. The van der Waals surface area contributed by atoms with Crippen LogP contribution in [0.15, 0.2) is 21.5 Å². The molecule has 88 valence electrons. The topological polar surface area (TPSA) is 57.5 Å². The Hall–Kier alpha value is -1.30. The van der Waals surface area contributed by atoms with E-state index in [0.29, 0.717) is 10.2 Å². The number of halogens is 1. The summed E-state index contributed by atoms with van der Waals surface area (Å²) >= 11 is 3.19. The minimum atomic E-state index is -0.681. The highest BCUT2D eigenvalue weighted by atomic mass is 79.9. The molecule has 1 unspecified atom stereocenters. The third-order valence-corrected chi connectivity index (χ3v) is 2.80. The maximum absolute atomic E-state index is 11.6. The van der Waals surface area contributed by atoms with Crippen molar-refractivity contribution in [3.8, 4) is 5.75 Å². The van der Waals surface area contributed by atoms with Crippen molar-refractivity contribution in [1.29, 1.82) is 0 Å². The summed E-state index contributed by atoms with van der Waals surface area (Å²) in [5, 5.41) is 0. The van der Waals surface area contributed by atoms with Crippen molar-refractivity contribution in [2.45, 2.75) is 13.0 Å². The molecule has 0 saturated carbocycles. The zero-order chi connectivity index (χ0) is 12.3. The average Bonchev–Trinajstić information content (AvgIpc) is 2.27. The Balaban J connectivity index is 3.23. The quantitative estimate of drug-likeness (QED) is 0.789. The summed E-state index contributed by atoms with van der Waals surface area (Å²) in [5.74, 6) is 0.00169. The fraction of sp³-hybridized carbons (Fsp3) is 0.400. The van der Waals surface area contributed by atoms with Gasteiger partial charge < -0.3 is 9.47 Å². The first-order valence-electron chi connectivity index (χ1n) is 4.54. The van der Waals surface area contributed by atoms with Gasteiger partial charge in [-0.15, -0.1) is 0 Å². The Bertz CT molecular complexity index is 455. The lowest BCUT2D eigenvalue weighted by atomic mass is 10.3. The fourth-order valence-corrected chi connectivity index (χ4v) is 1.70. The van der Waals surface area contributed by atoms with E-state index in [0.717, 1.165) is 0 Å². The van der Waals surface area contributed by atoms with Gasteiger partial charge >= 0.3 is 5.97 Å². The zero-order valence-electron chi connectivity index (χ0n) is 9.19. The predicted molar refractivity (Wildman–Crippen MR) is 61.7 cm³/mol. The van der Waals surface area contributed by atoms with E-state index in [2.05, 4.69) is 20.7 Å². The molecule has 0 bridgehead atoms. The monoisotopic (exact) mass is 289 g/mol. The van der Waals surface area contributed by atoms with Crippen LogP contribution in [0.2, 0.25) is 0 Å². The molecule has 6 heteroatoms. The van der Waals surface area contributed by atoms with E-state index >= 15 is 0 Å². The summed E-state index contributed by atoms with van der Waals surface area (Å²) in [6.07, 6.45) is 1.47. The van der Waals surface area contributed by atoms with Crippen LogP contribution in [0.5, 0.6) is 5.75 Å². The van der Waals surface area contributed by atoms with Gasteiger partial charge in [0.1, 0.15) is 11.8 Å². The van der Waals surface area contributed by atoms with E-state index in [9.17, 15) is 9.59 Å². The van der Waals surface area contributed by atoms with Gasteiger partial charge in [-0.1, -0.05) is 0 Å². The van der Waals surface area contributed by atoms with Gasteiger partial charge in [0.25, 0.3) is 5.56 Å². The van der Waals surface area contributed by atoms with Gasteiger partial charge in [0.2, 0.25) is 0 Å². The van der Waals surface area contributed by atoms with E-state index in [1.807, 2.05) is 0 Å². The van der Waals surface area contributed by atoms with Crippen LogP contribution < -0.4 is 10.3 Å². The molecule has 0 N–H and O–H groups in total. The molecular formula is C10H12BrNO4. The van der Waals surface area contributed by atoms with E-state index < -0.39 is 12.0 Å². The molecule has 1 rings (SSSR count). The SMILES string of the molecule is COC(=O)C(C)n1cc(OC)c(Br)cc1=O. The minimum absolute atomic E-state index is 0.300. The number of carbonyl (C=O) groups is 1. The standard InChI is InChI=1S/C10H12BrNO4/c1-6(10(14)16-3)12-5-8(15-2)7(11)4-9(12)13/h4-6H,1-3H3. The maximum Gasteiger partial charge on any atom is 0.328 e. The molecule has 5 nitrogen and oxygen atoms in total. The number of pyridine rings is 1. The number of ether oxygens (including phenoxy) is 2. The van der Waals surface area contributed by atoms with Crippen molar-refractivity contribution >= 4 is 21.9 Å². The summed E-state index contributed by atoms with van der Waals surface area (Å²) in [5.41, 5.74) is -0.300. The van der Waals surface area contributed by atoms with Gasteiger partial charge in [-0.3, -0.25) is 9.36 Å². The molecule has 0 fully saturated rings. The number of esters is 1. The van der Waals surface area contributed by atoms with Gasteiger partial charge in [0.05, 0.1) is 24.9 Å². The molecule has 1 aromatic heterocycles. The molecule has 0 aliphatic rings. The van der Waals surface area contributed by atoms with Crippen molar-refractivity contribution in [2.24, 2.45) is 0 Å². The molecule has 0 amide bonds. The lowest BCUT2D eigenvalue weighted by Gasteiger charge is -2.14. The van der Waals surface area contributed by atoms with Crippen LogP contribution in [-0.2, 0) is 9.53 Å². The minimum Gasteiger partial charge on any atom is -0.494 e. The second-order valence-electron chi connectivity index (χ2n) is 3.13. The summed E-state index contributed by atoms with van der Waals surface area (Å²) < 4.78 is 11.4. The van der Waals surface area contributed by atoms with E-state index in [-0.39, 0.29) is 5.56 Å². The fourth-order valence-electron chi connectivity index (χ4n) is 1.24. The Labute approximate surface area is 101 Å². The van der Waals surface area contributed by atoms with Crippen LogP contribution in [0.25, 0.3) is 0 Å². The highest BCUT2D eigenvalue weighted by molar-refractivity contribution is 9.10. The van der Waals surface area contributed by atoms with Gasteiger partial charge in [-0.25, -0.2) is 4.79 Å². The maximum atomic E-state index is 11.6. The number of rotatable bonds is 3. The molecule has 16 heavy (non-hydrogen) atoms. The van der Waals surface area contributed by atoms with Crippen molar-refractivity contribution in [3.63, 3.8) is 0 Å². The number of aromatic nitrogens is 1. The van der Waals surface area contributed by atoms with Gasteiger partial charge in [0, 0.05) is 6.07 Å². The molecule has 0 aliphatic carbocycles. The van der Waals surface area contributed by atoms with Crippen molar-refractivity contribution in [3.05, 3.63) is 27.1 Å². The van der Waals surface area contributed by atoms with Crippen LogP contribution in [-0.4, -0.2) is 24.8 Å². The van der Waals surface area contributed by atoms with Crippen molar-refractivity contribution in [2.75, 3.05) is 14.2 Å². The number of carbonyl (C=O) groups excluding carboxylic acids is 1. The van der Waals surface area contributed by atoms with E-state index in [4.69, 9.17) is 4.74 Å². The Morgan fingerprint density at radius 3 is 2.62 bits per heavy atom. The largest absolute Gasteiger partial charge is 0.494 e. The Morgan fingerprint density at radius 1 is 1.50 bits per heavy atom. The van der Waals surface area contributed by atoms with E-state index in [1.54, 1.807) is 6.92 Å². The zero-order valence-corrected chi connectivity index (χ0v) is 10.8. The first-order valence-corrected chi connectivity index (χ1v) is 5.34. The lowest BCUT2D eigenvalue weighted by molar-refractivity contribution is -0.144. The second kappa shape index (κ2) is 5.16. The number of nitrogens with zero attached hydrogens (tertiary/aromatic N) is 1. The predicted octanol–water partition coefficient (Wildman–Crippen LogP) is 1.35. The smallest absolute Gasteiger partial charge is 0.328 e. The highest BCUT2D eigenvalue weighted by Crippen LogP contribution is 2.22. The summed E-state index contributed by atoms with van der Waals surface area (Å²) in [4.78, 5) is 23.0. The highest BCUT2D eigenvalue weighted by Gasteiger charge is 2.17. The molecule has 0 aliphatic heterocycles. The summed E-state index contributed by atoms with van der Waals surface area (Å²) in [7, 11) is 2.76. The number of hydrogen-bond acceptors (Lipinski definition) is 4. The van der Waals surface area contributed by atoms with Crippen LogP contribution in [0.4, 0.5) is 0 Å². The number of methoxy groups -OCH3 is 2. The lowest BCUT2D eigenvalue weighted by Crippen LogP contribution is -2.28. The Morgan fingerprint density at radius 2 is 2.12 bits per heavy atom. The van der Waals surface area contributed by atoms with Crippen LogP contribution in [0, 0.1) is 0 Å². The first-order chi connectivity index (χ1) is 7.51. The second-order valence-corrected chi connectivity index (χ2v) is 3.99. The summed E-state index contributed by atoms with van der Waals surface area (Å²) in [6, 6.07) is 0.664. The number of hydrogen-bond donors (Lipinski definition) is 0. The molecule has 1 aromatic rings. The van der Waals surface area contributed by atoms with E-state index in [1.165, 1.54) is 31.0 Å². The van der Waals surface area contributed by atoms with Crippen molar-refractivity contribution < 1.29 is 14.3 Å². The normalized spacial score (nSPS) is 12.0. The molecule has 1 heterocycles. The van der Waals surface area contributed by atoms with Gasteiger partial charge in [-0.05, 0) is 22.9 Å². The third kappa shape index (κ3) is 2.44. The molecule has 1 atom stereocenters. The molecule has 0 aromatic carbocycles. The third-order valence-electron chi connectivity index (χ3n) is 2.18. The van der Waals surface area contributed by atoms with Gasteiger partial charge in [0.15, 0.2) is 0 Å². The molecule has 0 saturated heterocycles.